The fourth-order valence-corrected chi connectivity index (χ4v) is 4.84. The summed E-state index contributed by atoms with van der Waals surface area (Å²) in [5.74, 6) is -0.0646. The summed E-state index contributed by atoms with van der Waals surface area (Å²) in [4.78, 5) is 17.0. The number of hydrogen-bond donors (Lipinski definition) is 2. The third-order valence-electron chi connectivity index (χ3n) is 4.10. The van der Waals surface area contributed by atoms with Crippen LogP contribution in [-0.2, 0) is 21.2 Å². The monoisotopic (exact) mass is 345 g/mol. The van der Waals surface area contributed by atoms with Crippen LogP contribution in [0, 0.1) is 0 Å². The van der Waals surface area contributed by atoms with E-state index in [9.17, 15) is 13.2 Å². The van der Waals surface area contributed by atoms with Gasteiger partial charge in [-0.15, -0.1) is 11.3 Å². The van der Waals surface area contributed by atoms with Crippen LogP contribution in [0.3, 0.4) is 0 Å². The molecule has 1 aliphatic rings. The summed E-state index contributed by atoms with van der Waals surface area (Å²) >= 11 is 1.49. The maximum absolute atomic E-state index is 12.5. The minimum atomic E-state index is -3.47. The molecule has 1 saturated heterocycles. The van der Waals surface area contributed by atoms with E-state index in [1.165, 1.54) is 11.3 Å². The number of carbonyl (C=O) groups excluding carboxylic acids is 1. The maximum Gasteiger partial charge on any atom is 0.241 e. The molecule has 0 aromatic carbocycles. The number of nitrogens with zero attached hydrogens (tertiary/aromatic N) is 1. The van der Waals surface area contributed by atoms with Gasteiger partial charge < -0.3 is 10.6 Å². The van der Waals surface area contributed by atoms with Crippen LogP contribution in [0.4, 0.5) is 0 Å². The first-order valence-electron chi connectivity index (χ1n) is 7.39. The molecule has 22 heavy (non-hydrogen) atoms. The van der Waals surface area contributed by atoms with E-state index >= 15 is 0 Å². The molecule has 124 valence electrons. The van der Waals surface area contributed by atoms with Crippen molar-refractivity contribution in [2.45, 2.75) is 43.9 Å². The lowest BCUT2D eigenvalue weighted by molar-refractivity contribution is -0.124. The summed E-state index contributed by atoms with van der Waals surface area (Å²) in [6.45, 7) is 5.47. The van der Waals surface area contributed by atoms with E-state index in [1.54, 1.807) is 0 Å². The van der Waals surface area contributed by atoms with Gasteiger partial charge in [0, 0.05) is 11.6 Å². The van der Waals surface area contributed by atoms with Gasteiger partial charge in [0.25, 0.3) is 0 Å². The average Bonchev–Trinajstić information content (AvgIpc) is 2.93. The second kappa shape index (κ2) is 6.64. The molecule has 2 heterocycles. The van der Waals surface area contributed by atoms with Crippen LogP contribution < -0.4 is 10.6 Å². The lowest BCUT2D eigenvalue weighted by Gasteiger charge is -2.34. The second-order valence-corrected chi connectivity index (χ2v) is 9.29. The smallest absolute Gasteiger partial charge is 0.241 e. The highest BCUT2D eigenvalue weighted by Gasteiger charge is 2.48. The molecule has 0 saturated carbocycles. The molecular weight excluding hydrogens is 322 g/mol. The van der Waals surface area contributed by atoms with E-state index in [-0.39, 0.29) is 6.54 Å². The molecule has 1 fully saturated rings. The van der Waals surface area contributed by atoms with Crippen LogP contribution in [0.5, 0.6) is 0 Å². The summed E-state index contributed by atoms with van der Waals surface area (Å²) in [5.41, 5.74) is 0.994. The van der Waals surface area contributed by atoms with Gasteiger partial charge in [0.15, 0.2) is 14.6 Å². The van der Waals surface area contributed by atoms with Crippen LogP contribution in [0.1, 0.15) is 43.3 Å². The van der Waals surface area contributed by atoms with E-state index in [0.29, 0.717) is 31.8 Å². The van der Waals surface area contributed by atoms with E-state index in [1.807, 2.05) is 5.38 Å². The molecule has 8 heteroatoms. The van der Waals surface area contributed by atoms with Crippen molar-refractivity contribution in [2.24, 2.45) is 0 Å². The lowest BCUT2D eigenvalue weighted by Crippen LogP contribution is -2.57. The largest absolute Gasteiger partial charge is 0.348 e. The maximum atomic E-state index is 12.5. The fraction of sp³-hybridized carbons (Fsp3) is 0.714. The first kappa shape index (κ1) is 17.4. The number of sulfone groups is 1. The molecule has 6 nitrogen and oxygen atoms in total. The summed E-state index contributed by atoms with van der Waals surface area (Å²) in [6, 6.07) is 0. The fourth-order valence-electron chi connectivity index (χ4n) is 2.59. The zero-order chi connectivity index (χ0) is 16.4. The molecule has 0 radical (unpaired) electrons. The molecule has 0 aliphatic carbocycles. The molecule has 0 bridgehead atoms. The van der Waals surface area contributed by atoms with Crippen molar-refractivity contribution in [1.82, 2.24) is 15.6 Å². The Labute approximate surface area is 135 Å². The number of aromatic nitrogens is 1. The zero-order valence-electron chi connectivity index (χ0n) is 13.2. The predicted octanol–water partition coefficient (Wildman–Crippen LogP) is 1.05. The minimum Gasteiger partial charge on any atom is -0.348 e. The van der Waals surface area contributed by atoms with Crippen LogP contribution in [-0.4, -0.2) is 43.4 Å². The molecule has 1 aromatic rings. The first-order chi connectivity index (χ1) is 10.3. The topological polar surface area (TPSA) is 88.2 Å². The second-order valence-electron chi connectivity index (χ2n) is 6.02. The molecule has 2 rings (SSSR count). The Morgan fingerprint density at radius 1 is 1.45 bits per heavy atom. The van der Waals surface area contributed by atoms with Gasteiger partial charge in [-0.25, -0.2) is 13.4 Å². The van der Waals surface area contributed by atoms with Crippen molar-refractivity contribution in [2.75, 3.05) is 19.3 Å². The predicted molar refractivity (Wildman–Crippen MR) is 87.7 cm³/mol. The standard InChI is InChI=1S/C14H23N3O3S2/c1-10(2)11-9-21-12(17-11)8-16-13(18)14(22(3,19)20)4-6-15-7-5-14/h9-10,15H,4-8H2,1-3H3,(H,16,18). The van der Waals surface area contributed by atoms with E-state index in [0.717, 1.165) is 17.0 Å². The van der Waals surface area contributed by atoms with E-state index in [2.05, 4.69) is 29.5 Å². The molecule has 0 spiro atoms. The van der Waals surface area contributed by atoms with Gasteiger partial charge in [0.05, 0.1) is 12.2 Å². The SMILES string of the molecule is CC(C)c1csc(CNC(=O)C2(S(C)(=O)=O)CCNCC2)n1. The Balaban J connectivity index is 2.08. The van der Waals surface area contributed by atoms with E-state index in [4.69, 9.17) is 0 Å². The summed E-state index contributed by atoms with van der Waals surface area (Å²) in [6.07, 6.45) is 1.78. The minimum absolute atomic E-state index is 0.279. The van der Waals surface area contributed by atoms with Crippen molar-refractivity contribution < 1.29 is 13.2 Å². The van der Waals surface area contributed by atoms with Crippen LogP contribution in [0.2, 0.25) is 0 Å². The number of rotatable bonds is 5. The molecule has 1 amide bonds. The molecule has 0 unspecified atom stereocenters. The van der Waals surface area contributed by atoms with Crippen molar-refractivity contribution in [3.8, 4) is 0 Å². The average molecular weight is 345 g/mol. The molecule has 1 aliphatic heterocycles. The number of hydrogen-bond acceptors (Lipinski definition) is 6. The van der Waals surface area contributed by atoms with Crippen LogP contribution in [0.25, 0.3) is 0 Å². The van der Waals surface area contributed by atoms with Crippen LogP contribution in [0.15, 0.2) is 5.38 Å². The highest BCUT2D eigenvalue weighted by atomic mass is 32.2. The van der Waals surface area contributed by atoms with Gasteiger partial charge in [-0.2, -0.15) is 0 Å². The Bertz CT molecular complexity index is 632. The van der Waals surface area contributed by atoms with Crippen molar-refractivity contribution in [1.29, 1.82) is 0 Å². The van der Waals surface area contributed by atoms with E-state index < -0.39 is 20.5 Å². The molecule has 0 atom stereocenters. The highest BCUT2D eigenvalue weighted by Crippen LogP contribution is 2.28. The number of amides is 1. The normalized spacial score (nSPS) is 18.4. The molecular formula is C14H23N3O3S2. The Morgan fingerprint density at radius 2 is 2.09 bits per heavy atom. The Morgan fingerprint density at radius 3 is 2.59 bits per heavy atom. The van der Waals surface area contributed by atoms with Crippen molar-refractivity contribution >= 4 is 27.1 Å². The molecule has 2 N–H and O–H groups in total. The van der Waals surface area contributed by atoms with Gasteiger partial charge >= 0.3 is 0 Å². The van der Waals surface area contributed by atoms with Gasteiger partial charge in [-0.3, -0.25) is 4.79 Å². The highest BCUT2D eigenvalue weighted by molar-refractivity contribution is 7.92. The first-order valence-corrected chi connectivity index (χ1v) is 10.2. The van der Waals surface area contributed by atoms with Crippen LogP contribution >= 0.6 is 11.3 Å². The van der Waals surface area contributed by atoms with Gasteiger partial charge in [0.1, 0.15) is 5.01 Å². The van der Waals surface area contributed by atoms with Gasteiger partial charge in [-0.1, -0.05) is 13.8 Å². The third-order valence-corrected chi connectivity index (χ3v) is 6.98. The van der Waals surface area contributed by atoms with Gasteiger partial charge in [-0.05, 0) is 31.8 Å². The van der Waals surface area contributed by atoms with Crippen molar-refractivity contribution in [3.63, 3.8) is 0 Å². The van der Waals surface area contributed by atoms with Crippen molar-refractivity contribution in [3.05, 3.63) is 16.1 Å². The summed E-state index contributed by atoms with van der Waals surface area (Å²) in [7, 11) is -3.47. The Hall–Kier alpha value is -0.990. The third kappa shape index (κ3) is 3.49. The number of carbonyl (C=O) groups is 1. The molecule has 1 aromatic heterocycles. The summed E-state index contributed by atoms with van der Waals surface area (Å²) in [5, 5.41) is 8.65. The number of nitrogens with one attached hydrogen (secondary N) is 2. The van der Waals surface area contributed by atoms with Gasteiger partial charge in [0.2, 0.25) is 5.91 Å². The zero-order valence-corrected chi connectivity index (χ0v) is 14.8. The Kier molecular flexibility index (Phi) is 5.24. The number of thiazole rings is 1. The number of piperidine rings is 1. The summed E-state index contributed by atoms with van der Waals surface area (Å²) < 4.78 is 23.0. The quantitative estimate of drug-likeness (QED) is 0.833. The lowest BCUT2D eigenvalue weighted by atomic mass is 9.96.